The molecule has 136 valence electrons. The number of benzene rings is 1. The third kappa shape index (κ3) is 4.29. The highest BCUT2D eigenvalue weighted by Crippen LogP contribution is 2.25. The summed E-state index contributed by atoms with van der Waals surface area (Å²) in [6.45, 7) is 2.92. The molecule has 1 heterocycles. The van der Waals surface area contributed by atoms with Gasteiger partial charge in [-0.1, -0.05) is 6.07 Å². The molecule has 1 atom stereocenters. The lowest BCUT2D eigenvalue weighted by molar-refractivity contribution is -0.123. The Kier molecular flexibility index (Phi) is 5.37. The SMILES string of the molecule is CC(=O)Nc1ccc(C(=O)OC(C)C(=O)Nc2ccc3c(c2)CCC3)s1. The Morgan fingerprint density at radius 1 is 1.08 bits per heavy atom. The molecule has 1 aromatic carbocycles. The Morgan fingerprint density at radius 2 is 1.85 bits per heavy atom. The molecule has 0 saturated heterocycles. The topological polar surface area (TPSA) is 84.5 Å². The van der Waals surface area contributed by atoms with E-state index >= 15 is 0 Å². The molecular formula is C19H20N2O4S. The summed E-state index contributed by atoms with van der Waals surface area (Å²) in [7, 11) is 0. The summed E-state index contributed by atoms with van der Waals surface area (Å²) >= 11 is 1.10. The number of esters is 1. The molecular weight excluding hydrogens is 352 g/mol. The predicted octanol–water partition coefficient (Wildman–Crippen LogP) is 3.38. The van der Waals surface area contributed by atoms with Crippen molar-refractivity contribution >= 4 is 39.8 Å². The lowest BCUT2D eigenvalue weighted by Crippen LogP contribution is -2.29. The fourth-order valence-corrected chi connectivity index (χ4v) is 3.69. The van der Waals surface area contributed by atoms with Crippen LogP contribution in [-0.2, 0) is 27.2 Å². The molecule has 0 spiro atoms. The Hall–Kier alpha value is -2.67. The van der Waals surface area contributed by atoms with E-state index in [1.807, 2.05) is 18.2 Å². The van der Waals surface area contributed by atoms with E-state index in [2.05, 4.69) is 10.6 Å². The third-order valence-electron chi connectivity index (χ3n) is 4.13. The summed E-state index contributed by atoms with van der Waals surface area (Å²) in [5.74, 6) is -1.19. The number of anilines is 2. The number of nitrogens with one attached hydrogen (secondary N) is 2. The number of fused-ring (bicyclic) bond motifs is 1. The maximum absolute atomic E-state index is 12.3. The molecule has 1 aromatic heterocycles. The van der Waals surface area contributed by atoms with Gasteiger partial charge in [0.05, 0.1) is 5.00 Å². The van der Waals surface area contributed by atoms with Crippen LogP contribution in [0.5, 0.6) is 0 Å². The van der Waals surface area contributed by atoms with Gasteiger partial charge in [0.1, 0.15) is 4.88 Å². The Bertz CT molecular complexity index is 859. The number of ether oxygens (including phenoxy) is 1. The van der Waals surface area contributed by atoms with Crippen LogP contribution in [0, 0.1) is 0 Å². The monoisotopic (exact) mass is 372 g/mol. The Balaban J connectivity index is 1.57. The number of rotatable bonds is 5. The van der Waals surface area contributed by atoms with Gasteiger partial charge in [0.25, 0.3) is 5.91 Å². The lowest BCUT2D eigenvalue weighted by atomic mass is 10.1. The van der Waals surface area contributed by atoms with Crippen LogP contribution in [-0.4, -0.2) is 23.9 Å². The third-order valence-corrected chi connectivity index (χ3v) is 5.11. The van der Waals surface area contributed by atoms with E-state index in [-0.39, 0.29) is 11.8 Å². The molecule has 7 heteroatoms. The van der Waals surface area contributed by atoms with E-state index in [0.29, 0.717) is 15.6 Å². The maximum atomic E-state index is 12.3. The molecule has 6 nitrogen and oxygen atoms in total. The average molecular weight is 372 g/mol. The van der Waals surface area contributed by atoms with E-state index in [1.54, 1.807) is 12.1 Å². The molecule has 0 aliphatic heterocycles. The molecule has 2 amide bonds. The number of carbonyl (C=O) groups excluding carboxylic acids is 3. The molecule has 2 N–H and O–H groups in total. The maximum Gasteiger partial charge on any atom is 0.349 e. The minimum atomic E-state index is -0.929. The average Bonchev–Trinajstić information content (AvgIpc) is 3.22. The number of carbonyl (C=O) groups is 3. The summed E-state index contributed by atoms with van der Waals surface area (Å²) in [5.41, 5.74) is 3.30. The second-order valence-corrected chi connectivity index (χ2v) is 7.30. The number of hydrogen-bond donors (Lipinski definition) is 2. The molecule has 1 aliphatic rings. The van der Waals surface area contributed by atoms with Crippen molar-refractivity contribution in [1.82, 2.24) is 0 Å². The normalized spacial score (nSPS) is 13.6. The van der Waals surface area contributed by atoms with Gasteiger partial charge in [-0.2, -0.15) is 0 Å². The van der Waals surface area contributed by atoms with Crippen LogP contribution in [0.25, 0.3) is 0 Å². The van der Waals surface area contributed by atoms with Gasteiger partial charge in [-0.3, -0.25) is 9.59 Å². The van der Waals surface area contributed by atoms with Crippen molar-refractivity contribution in [3.63, 3.8) is 0 Å². The summed E-state index contributed by atoms with van der Waals surface area (Å²) in [6.07, 6.45) is 2.32. The fraction of sp³-hybridized carbons (Fsp3) is 0.316. The highest BCUT2D eigenvalue weighted by Gasteiger charge is 2.21. The Labute approximate surface area is 155 Å². The largest absolute Gasteiger partial charge is 0.448 e. The summed E-state index contributed by atoms with van der Waals surface area (Å²) < 4.78 is 5.23. The molecule has 2 aromatic rings. The quantitative estimate of drug-likeness (QED) is 0.788. The zero-order valence-corrected chi connectivity index (χ0v) is 15.4. The van der Waals surface area contributed by atoms with Gasteiger partial charge in [-0.15, -0.1) is 11.3 Å². The molecule has 0 saturated carbocycles. The van der Waals surface area contributed by atoms with Crippen LogP contribution in [0.3, 0.4) is 0 Å². The minimum Gasteiger partial charge on any atom is -0.448 e. The van der Waals surface area contributed by atoms with Gasteiger partial charge in [-0.25, -0.2) is 4.79 Å². The second-order valence-electron chi connectivity index (χ2n) is 6.22. The molecule has 0 radical (unpaired) electrons. The van der Waals surface area contributed by atoms with E-state index in [1.165, 1.54) is 25.0 Å². The molecule has 1 unspecified atom stereocenters. The zero-order valence-electron chi connectivity index (χ0n) is 14.6. The first-order valence-corrected chi connectivity index (χ1v) is 9.25. The molecule has 26 heavy (non-hydrogen) atoms. The first-order valence-electron chi connectivity index (χ1n) is 8.43. The first-order chi connectivity index (χ1) is 12.4. The lowest BCUT2D eigenvalue weighted by Gasteiger charge is -2.13. The molecule has 3 rings (SSSR count). The minimum absolute atomic E-state index is 0.214. The van der Waals surface area contributed by atoms with Crippen molar-refractivity contribution in [3.8, 4) is 0 Å². The van der Waals surface area contributed by atoms with Crippen LogP contribution in [0.15, 0.2) is 30.3 Å². The van der Waals surface area contributed by atoms with Crippen LogP contribution in [0.1, 0.15) is 41.1 Å². The van der Waals surface area contributed by atoms with Gasteiger partial charge in [-0.05, 0) is 61.6 Å². The van der Waals surface area contributed by atoms with Crippen molar-refractivity contribution in [2.45, 2.75) is 39.2 Å². The van der Waals surface area contributed by atoms with E-state index in [0.717, 1.165) is 30.6 Å². The van der Waals surface area contributed by atoms with E-state index in [9.17, 15) is 14.4 Å². The highest BCUT2D eigenvalue weighted by atomic mass is 32.1. The van der Waals surface area contributed by atoms with Crippen LogP contribution in [0.4, 0.5) is 10.7 Å². The zero-order chi connectivity index (χ0) is 18.7. The van der Waals surface area contributed by atoms with Gasteiger partial charge >= 0.3 is 5.97 Å². The molecule has 1 aliphatic carbocycles. The van der Waals surface area contributed by atoms with Gasteiger partial charge < -0.3 is 15.4 Å². The number of hydrogen-bond acceptors (Lipinski definition) is 5. The van der Waals surface area contributed by atoms with Gasteiger partial charge in [0.2, 0.25) is 5.91 Å². The number of amides is 2. The van der Waals surface area contributed by atoms with Crippen molar-refractivity contribution in [2.24, 2.45) is 0 Å². The summed E-state index contributed by atoms with van der Waals surface area (Å²) in [5, 5.41) is 5.95. The van der Waals surface area contributed by atoms with Crippen molar-refractivity contribution in [1.29, 1.82) is 0 Å². The van der Waals surface area contributed by atoms with Crippen molar-refractivity contribution < 1.29 is 19.1 Å². The summed E-state index contributed by atoms with van der Waals surface area (Å²) in [6, 6.07) is 9.06. The summed E-state index contributed by atoms with van der Waals surface area (Å²) in [4.78, 5) is 35.8. The predicted molar refractivity (Wildman–Crippen MR) is 101 cm³/mol. The molecule has 0 bridgehead atoms. The Morgan fingerprint density at radius 3 is 2.62 bits per heavy atom. The van der Waals surface area contributed by atoms with E-state index in [4.69, 9.17) is 4.74 Å². The number of aryl methyl sites for hydroxylation is 2. The van der Waals surface area contributed by atoms with Gasteiger partial charge in [0.15, 0.2) is 6.10 Å². The van der Waals surface area contributed by atoms with Crippen molar-refractivity contribution in [2.75, 3.05) is 10.6 Å². The van der Waals surface area contributed by atoms with Crippen LogP contribution in [0.2, 0.25) is 0 Å². The van der Waals surface area contributed by atoms with Crippen LogP contribution < -0.4 is 10.6 Å². The fourth-order valence-electron chi connectivity index (χ4n) is 2.85. The highest BCUT2D eigenvalue weighted by molar-refractivity contribution is 7.18. The second kappa shape index (κ2) is 7.70. The van der Waals surface area contributed by atoms with Crippen molar-refractivity contribution in [3.05, 3.63) is 46.3 Å². The van der Waals surface area contributed by atoms with Crippen LogP contribution >= 0.6 is 11.3 Å². The smallest absolute Gasteiger partial charge is 0.349 e. The molecule has 0 fully saturated rings. The first kappa shape index (κ1) is 18.1. The number of thiophene rings is 1. The van der Waals surface area contributed by atoms with Gasteiger partial charge in [0, 0.05) is 12.6 Å². The van der Waals surface area contributed by atoms with E-state index < -0.39 is 12.1 Å². The standard InChI is InChI=1S/C19H20N2O4S/c1-11(25-19(24)16-8-9-17(26-16)20-12(2)22)18(23)21-15-7-6-13-4-3-5-14(13)10-15/h6-11H,3-5H2,1-2H3,(H,20,22)(H,21,23).